The predicted molar refractivity (Wildman–Crippen MR) is 95.4 cm³/mol. The Kier molecular flexibility index (Phi) is 3.41. The minimum absolute atomic E-state index is 0.104. The third-order valence-electron chi connectivity index (χ3n) is 5.34. The number of benzene rings is 2. The SMILES string of the molecule is Cc1ccc(C2Nc3c(C)ccc([N+](=O)[O-])c3C3C=CCC32)cc1. The fourth-order valence-corrected chi connectivity index (χ4v) is 4.10. The molecule has 0 saturated heterocycles. The molecule has 1 aliphatic carbocycles. The zero-order valence-corrected chi connectivity index (χ0v) is 13.8. The molecule has 1 heterocycles. The van der Waals surface area contributed by atoms with Gasteiger partial charge in [-0.3, -0.25) is 10.1 Å². The van der Waals surface area contributed by atoms with Gasteiger partial charge in [-0.2, -0.15) is 0 Å². The van der Waals surface area contributed by atoms with Crippen LogP contribution >= 0.6 is 0 Å². The lowest BCUT2D eigenvalue weighted by molar-refractivity contribution is -0.385. The lowest BCUT2D eigenvalue weighted by atomic mass is 9.75. The number of nitrogens with zero attached hydrogens (tertiary/aromatic N) is 1. The summed E-state index contributed by atoms with van der Waals surface area (Å²) in [5.41, 5.74) is 5.56. The number of hydrogen-bond donors (Lipinski definition) is 1. The largest absolute Gasteiger partial charge is 0.377 e. The second-order valence-electron chi connectivity index (χ2n) is 6.83. The number of hydrogen-bond acceptors (Lipinski definition) is 3. The zero-order chi connectivity index (χ0) is 16.8. The number of nitro groups is 1. The van der Waals surface area contributed by atoms with Crippen molar-refractivity contribution in [2.75, 3.05) is 5.32 Å². The van der Waals surface area contributed by atoms with Gasteiger partial charge in [-0.25, -0.2) is 0 Å². The van der Waals surface area contributed by atoms with Crippen molar-refractivity contribution >= 4 is 11.4 Å². The molecule has 2 aromatic rings. The summed E-state index contributed by atoms with van der Waals surface area (Å²) in [7, 11) is 0. The minimum atomic E-state index is -0.255. The number of nitro benzene ring substituents is 1. The first kappa shape index (κ1) is 14.9. The summed E-state index contributed by atoms with van der Waals surface area (Å²) in [4.78, 5) is 11.3. The van der Waals surface area contributed by atoms with E-state index in [-0.39, 0.29) is 22.6 Å². The Morgan fingerprint density at radius 2 is 1.88 bits per heavy atom. The average molecular weight is 320 g/mol. The van der Waals surface area contributed by atoms with Crippen molar-refractivity contribution in [3.05, 3.63) is 80.9 Å². The molecular weight excluding hydrogens is 300 g/mol. The van der Waals surface area contributed by atoms with Crippen LogP contribution in [0.1, 0.15) is 40.6 Å². The smallest absolute Gasteiger partial charge is 0.275 e. The van der Waals surface area contributed by atoms with Crippen LogP contribution in [0.2, 0.25) is 0 Å². The molecule has 0 spiro atoms. The Balaban J connectivity index is 1.86. The van der Waals surface area contributed by atoms with Crippen molar-refractivity contribution in [1.29, 1.82) is 0 Å². The molecule has 4 heteroatoms. The van der Waals surface area contributed by atoms with Crippen molar-refractivity contribution in [2.24, 2.45) is 5.92 Å². The molecule has 3 atom stereocenters. The molecule has 122 valence electrons. The van der Waals surface area contributed by atoms with Crippen LogP contribution in [0.3, 0.4) is 0 Å². The van der Waals surface area contributed by atoms with E-state index in [4.69, 9.17) is 0 Å². The summed E-state index contributed by atoms with van der Waals surface area (Å²) >= 11 is 0. The Bertz CT molecular complexity index is 839. The van der Waals surface area contributed by atoms with E-state index in [0.29, 0.717) is 5.92 Å². The Labute approximate surface area is 141 Å². The first-order chi connectivity index (χ1) is 11.6. The monoisotopic (exact) mass is 320 g/mol. The van der Waals surface area contributed by atoms with Gasteiger partial charge in [-0.05, 0) is 37.3 Å². The number of aryl methyl sites for hydroxylation is 2. The zero-order valence-electron chi connectivity index (χ0n) is 13.8. The van der Waals surface area contributed by atoms with E-state index in [9.17, 15) is 10.1 Å². The van der Waals surface area contributed by atoms with Crippen molar-refractivity contribution in [2.45, 2.75) is 32.2 Å². The fraction of sp³-hybridized carbons (Fsp3) is 0.300. The quantitative estimate of drug-likeness (QED) is 0.479. The second-order valence-corrected chi connectivity index (χ2v) is 6.83. The molecule has 0 radical (unpaired) electrons. The third-order valence-corrected chi connectivity index (χ3v) is 5.34. The van der Waals surface area contributed by atoms with Crippen molar-refractivity contribution in [3.63, 3.8) is 0 Å². The van der Waals surface area contributed by atoms with Gasteiger partial charge in [0.05, 0.1) is 16.5 Å². The van der Waals surface area contributed by atoms with Crippen molar-refractivity contribution in [3.8, 4) is 0 Å². The molecule has 4 nitrogen and oxygen atoms in total. The maximum Gasteiger partial charge on any atom is 0.275 e. The summed E-state index contributed by atoms with van der Waals surface area (Å²) in [6.07, 6.45) is 5.26. The summed E-state index contributed by atoms with van der Waals surface area (Å²) in [6.45, 7) is 4.10. The van der Waals surface area contributed by atoms with E-state index in [1.807, 2.05) is 13.0 Å². The van der Waals surface area contributed by atoms with Crippen LogP contribution in [0.25, 0.3) is 0 Å². The van der Waals surface area contributed by atoms with E-state index >= 15 is 0 Å². The summed E-state index contributed by atoms with van der Waals surface area (Å²) < 4.78 is 0. The number of rotatable bonds is 2. The van der Waals surface area contributed by atoms with Gasteiger partial charge >= 0.3 is 0 Å². The van der Waals surface area contributed by atoms with Crippen LogP contribution < -0.4 is 5.32 Å². The molecule has 0 amide bonds. The molecule has 0 aromatic heterocycles. The number of allylic oxidation sites excluding steroid dienone is 2. The molecule has 2 aliphatic rings. The van der Waals surface area contributed by atoms with Gasteiger partial charge < -0.3 is 5.32 Å². The van der Waals surface area contributed by atoms with Crippen LogP contribution in [0.4, 0.5) is 11.4 Å². The van der Waals surface area contributed by atoms with Crippen molar-refractivity contribution in [1.82, 2.24) is 0 Å². The first-order valence-electron chi connectivity index (χ1n) is 8.34. The number of fused-ring (bicyclic) bond motifs is 3. The second kappa shape index (κ2) is 5.48. The molecule has 24 heavy (non-hydrogen) atoms. The van der Waals surface area contributed by atoms with Crippen molar-refractivity contribution < 1.29 is 4.92 Å². The standard InChI is InChI=1S/C20H20N2O2/c1-12-6-9-14(10-7-12)20-16-5-3-4-15(16)18-17(22(23)24)11-8-13(2)19(18)21-20/h3-4,6-11,15-16,20-21H,5H2,1-2H3. The first-order valence-corrected chi connectivity index (χ1v) is 8.34. The number of nitrogens with one attached hydrogen (secondary N) is 1. The lowest BCUT2D eigenvalue weighted by Gasteiger charge is -2.38. The molecule has 3 unspecified atom stereocenters. The van der Waals surface area contributed by atoms with Gasteiger partial charge in [0.25, 0.3) is 5.69 Å². The maximum atomic E-state index is 11.5. The summed E-state index contributed by atoms with van der Waals surface area (Å²) in [5, 5.41) is 15.1. The fourth-order valence-electron chi connectivity index (χ4n) is 4.10. The van der Waals surface area contributed by atoms with E-state index in [1.54, 1.807) is 6.07 Å². The third kappa shape index (κ3) is 2.21. The summed E-state index contributed by atoms with van der Waals surface area (Å²) in [5.74, 6) is 0.425. The highest BCUT2D eigenvalue weighted by Crippen LogP contribution is 2.53. The van der Waals surface area contributed by atoms with E-state index in [1.165, 1.54) is 11.1 Å². The Morgan fingerprint density at radius 1 is 1.12 bits per heavy atom. The van der Waals surface area contributed by atoms with Crippen LogP contribution in [0.5, 0.6) is 0 Å². The molecule has 0 bridgehead atoms. The van der Waals surface area contributed by atoms with E-state index < -0.39 is 0 Å². The molecular formula is C20H20N2O2. The highest BCUT2D eigenvalue weighted by molar-refractivity contribution is 5.70. The molecule has 4 rings (SSSR count). The van der Waals surface area contributed by atoms with Gasteiger partial charge in [-0.1, -0.05) is 48.0 Å². The normalized spacial score (nSPS) is 24.2. The molecule has 0 fully saturated rings. The summed E-state index contributed by atoms with van der Waals surface area (Å²) in [6, 6.07) is 12.3. The van der Waals surface area contributed by atoms with Gasteiger partial charge in [0, 0.05) is 17.7 Å². The van der Waals surface area contributed by atoms with Crippen LogP contribution in [-0.4, -0.2) is 4.92 Å². The topological polar surface area (TPSA) is 55.2 Å². The number of anilines is 1. The van der Waals surface area contributed by atoms with Gasteiger partial charge in [-0.15, -0.1) is 0 Å². The van der Waals surface area contributed by atoms with E-state index in [0.717, 1.165) is 23.2 Å². The highest BCUT2D eigenvalue weighted by Gasteiger charge is 2.41. The Morgan fingerprint density at radius 3 is 2.58 bits per heavy atom. The predicted octanol–water partition coefficient (Wildman–Crippen LogP) is 5.04. The van der Waals surface area contributed by atoms with Crippen LogP contribution in [0, 0.1) is 29.9 Å². The van der Waals surface area contributed by atoms with Gasteiger partial charge in [0.15, 0.2) is 0 Å². The van der Waals surface area contributed by atoms with Gasteiger partial charge in [0.2, 0.25) is 0 Å². The minimum Gasteiger partial charge on any atom is -0.377 e. The maximum absolute atomic E-state index is 11.5. The molecule has 1 N–H and O–H groups in total. The lowest BCUT2D eigenvalue weighted by Crippen LogP contribution is -2.30. The van der Waals surface area contributed by atoms with Gasteiger partial charge in [0.1, 0.15) is 0 Å². The Hall–Kier alpha value is -2.62. The van der Waals surface area contributed by atoms with Crippen LogP contribution in [0.15, 0.2) is 48.6 Å². The molecule has 2 aromatic carbocycles. The molecule has 0 saturated carbocycles. The van der Waals surface area contributed by atoms with Crippen LogP contribution in [-0.2, 0) is 0 Å². The molecule has 1 aliphatic heterocycles. The van der Waals surface area contributed by atoms with E-state index in [2.05, 4.69) is 48.7 Å². The average Bonchev–Trinajstić information content (AvgIpc) is 3.05. The highest BCUT2D eigenvalue weighted by atomic mass is 16.6.